The fraction of sp³-hybridized carbons (Fsp3) is 0.235. The average molecular weight is 359 g/mol. The number of aromatic nitrogens is 3. The van der Waals surface area contributed by atoms with E-state index in [1.54, 1.807) is 19.4 Å². The van der Waals surface area contributed by atoms with E-state index < -0.39 is 17.3 Å². The molecule has 3 rings (SSSR count). The molecule has 0 radical (unpaired) electrons. The number of imidazole rings is 1. The van der Waals surface area contributed by atoms with Gasteiger partial charge in [-0.05, 0) is 32.0 Å². The van der Waals surface area contributed by atoms with E-state index in [9.17, 15) is 9.35 Å². The van der Waals surface area contributed by atoms with E-state index in [0.29, 0.717) is 16.7 Å². The van der Waals surface area contributed by atoms with Gasteiger partial charge in [0.25, 0.3) is 0 Å². The van der Waals surface area contributed by atoms with Crippen molar-refractivity contribution in [2.75, 3.05) is 7.11 Å². The Kier molecular flexibility index (Phi) is 4.65. The Balaban J connectivity index is 1.93. The number of carbonyl (C=O) groups is 1. The smallest absolute Gasteiger partial charge is 0.335 e. The Morgan fingerprint density at radius 2 is 2.12 bits per heavy atom. The van der Waals surface area contributed by atoms with Gasteiger partial charge < -0.3 is 14.4 Å². The van der Waals surface area contributed by atoms with Gasteiger partial charge in [-0.2, -0.15) is 3.97 Å². The van der Waals surface area contributed by atoms with Gasteiger partial charge in [0.1, 0.15) is 17.6 Å². The minimum Gasteiger partial charge on any atom is -0.592 e. The van der Waals surface area contributed by atoms with Crippen LogP contribution in [-0.4, -0.2) is 36.7 Å². The van der Waals surface area contributed by atoms with E-state index in [4.69, 9.17) is 9.84 Å². The number of pyridine rings is 1. The van der Waals surface area contributed by atoms with E-state index in [2.05, 4.69) is 9.97 Å². The highest BCUT2D eigenvalue weighted by atomic mass is 32.2. The monoisotopic (exact) mass is 359 g/mol. The highest BCUT2D eigenvalue weighted by Crippen LogP contribution is 2.26. The number of fused-ring (bicyclic) bond motifs is 1. The molecule has 0 amide bonds. The van der Waals surface area contributed by atoms with Crippen molar-refractivity contribution in [3.63, 3.8) is 0 Å². The highest BCUT2D eigenvalue weighted by molar-refractivity contribution is 7.89. The van der Waals surface area contributed by atoms with E-state index >= 15 is 0 Å². The van der Waals surface area contributed by atoms with Crippen LogP contribution in [-0.2, 0) is 17.1 Å². The van der Waals surface area contributed by atoms with Gasteiger partial charge >= 0.3 is 5.97 Å². The molecule has 1 atom stereocenters. The molecule has 2 aromatic heterocycles. The fourth-order valence-corrected chi connectivity index (χ4v) is 3.88. The molecule has 7 nitrogen and oxygen atoms in total. The lowest BCUT2D eigenvalue weighted by molar-refractivity contribution is 0.0697. The summed E-state index contributed by atoms with van der Waals surface area (Å²) in [7, 11) is 1.60. The first-order valence-electron chi connectivity index (χ1n) is 7.50. The first-order valence-corrected chi connectivity index (χ1v) is 8.78. The zero-order valence-corrected chi connectivity index (χ0v) is 14.8. The number of aryl methyl sites for hydroxylation is 1. The van der Waals surface area contributed by atoms with Crippen LogP contribution >= 0.6 is 0 Å². The zero-order valence-electron chi connectivity index (χ0n) is 14.0. The number of aromatic carboxylic acids is 1. The summed E-state index contributed by atoms with van der Waals surface area (Å²) in [5.74, 6) is -0.0815. The predicted molar refractivity (Wildman–Crippen MR) is 94.2 cm³/mol. The van der Waals surface area contributed by atoms with Crippen molar-refractivity contribution in [3.8, 4) is 5.75 Å². The SMILES string of the molecule is COc1c(C)cnc(C[S+]([O-])n2cnc3cc(C(=O)O)ccc32)c1C. The molecule has 1 aromatic carbocycles. The molecular formula is C17H17N3O4S. The minimum atomic E-state index is -1.43. The summed E-state index contributed by atoms with van der Waals surface area (Å²) in [6.07, 6.45) is 3.15. The van der Waals surface area contributed by atoms with Crippen LogP contribution in [0.2, 0.25) is 0 Å². The van der Waals surface area contributed by atoms with Gasteiger partial charge in [-0.3, -0.25) is 4.98 Å². The second kappa shape index (κ2) is 6.73. The molecule has 1 N–H and O–H groups in total. The fourth-order valence-electron chi connectivity index (χ4n) is 2.69. The van der Waals surface area contributed by atoms with Gasteiger partial charge in [-0.1, -0.05) is 0 Å². The Morgan fingerprint density at radius 3 is 2.80 bits per heavy atom. The molecule has 0 saturated carbocycles. The number of methoxy groups -OCH3 is 1. The summed E-state index contributed by atoms with van der Waals surface area (Å²) >= 11 is -1.43. The molecule has 0 aliphatic rings. The summed E-state index contributed by atoms with van der Waals surface area (Å²) in [5, 5.41) is 9.04. The summed E-state index contributed by atoms with van der Waals surface area (Å²) in [6.45, 7) is 3.79. The molecule has 0 aliphatic heterocycles. The molecule has 25 heavy (non-hydrogen) atoms. The van der Waals surface area contributed by atoms with Gasteiger partial charge in [0.15, 0.2) is 5.75 Å². The number of carboxylic acid groups (broad SMARTS) is 1. The predicted octanol–water partition coefficient (Wildman–Crippen LogP) is 2.47. The minimum absolute atomic E-state index is 0.143. The van der Waals surface area contributed by atoms with E-state index in [1.165, 1.54) is 22.4 Å². The molecule has 130 valence electrons. The maximum Gasteiger partial charge on any atom is 0.335 e. The maximum atomic E-state index is 12.8. The van der Waals surface area contributed by atoms with Crippen molar-refractivity contribution in [2.45, 2.75) is 19.6 Å². The van der Waals surface area contributed by atoms with Crippen LogP contribution in [0.4, 0.5) is 0 Å². The van der Waals surface area contributed by atoms with Crippen LogP contribution < -0.4 is 4.74 Å². The number of hydrogen-bond acceptors (Lipinski definition) is 5. The van der Waals surface area contributed by atoms with E-state index in [-0.39, 0.29) is 11.3 Å². The third-order valence-electron chi connectivity index (χ3n) is 3.99. The lowest BCUT2D eigenvalue weighted by Gasteiger charge is -2.15. The van der Waals surface area contributed by atoms with Crippen molar-refractivity contribution in [3.05, 3.63) is 53.1 Å². The van der Waals surface area contributed by atoms with Gasteiger partial charge in [-0.25, -0.2) is 9.78 Å². The van der Waals surface area contributed by atoms with Gasteiger partial charge in [0.2, 0.25) is 0 Å². The number of hydrogen-bond donors (Lipinski definition) is 1. The summed E-state index contributed by atoms with van der Waals surface area (Å²) in [4.78, 5) is 19.6. The number of ether oxygens (including phenoxy) is 1. The third-order valence-corrected chi connectivity index (χ3v) is 5.24. The van der Waals surface area contributed by atoms with Crippen LogP contribution in [0.3, 0.4) is 0 Å². The lowest BCUT2D eigenvalue weighted by Crippen LogP contribution is -2.16. The quantitative estimate of drug-likeness (QED) is 0.703. The zero-order chi connectivity index (χ0) is 18.1. The van der Waals surface area contributed by atoms with Crippen molar-refractivity contribution >= 4 is 28.4 Å². The molecule has 1 unspecified atom stereocenters. The highest BCUT2D eigenvalue weighted by Gasteiger charge is 2.20. The van der Waals surface area contributed by atoms with Crippen molar-refractivity contribution < 1.29 is 19.2 Å². The molecule has 0 spiro atoms. The van der Waals surface area contributed by atoms with Crippen LogP contribution in [0.1, 0.15) is 27.2 Å². The normalized spacial score (nSPS) is 12.3. The first kappa shape index (κ1) is 17.2. The molecule has 0 fully saturated rings. The van der Waals surface area contributed by atoms with Gasteiger partial charge in [-0.15, -0.1) is 0 Å². The van der Waals surface area contributed by atoms with Crippen LogP contribution in [0.5, 0.6) is 5.75 Å². The second-order valence-corrected chi connectivity index (χ2v) is 6.92. The third kappa shape index (κ3) is 3.18. The largest absolute Gasteiger partial charge is 0.592 e. The number of nitrogens with zero attached hydrogens (tertiary/aromatic N) is 3. The van der Waals surface area contributed by atoms with Crippen LogP contribution in [0.15, 0.2) is 30.7 Å². The van der Waals surface area contributed by atoms with Crippen molar-refractivity contribution in [1.29, 1.82) is 0 Å². The molecule has 0 aliphatic carbocycles. The van der Waals surface area contributed by atoms with Crippen LogP contribution in [0, 0.1) is 13.8 Å². The summed E-state index contributed by atoms with van der Waals surface area (Å²) in [6, 6.07) is 4.54. The lowest BCUT2D eigenvalue weighted by atomic mass is 10.1. The summed E-state index contributed by atoms with van der Waals surface area (Å²) in [5.41, 5.74) is 3.70. The number of carboxylic acids is 1. The van der Waals surface area contributed by atoms with Crippen molar-refractivity contribution in [1.82, 2.24) is 13.9 Å². The first-order chi connectivity index (χ1) is 11.9. The van der Waals surface area contributed by atoms with Gasteiger partial charge in [0.05, 0.1) is 35.2 Å². The Morgan fingerprint density at radius 1 is 1.36 bits per heavy atom. The average Bonchev–Trinajstić information content (AvgIpc) is 3.01. The Labute approximate surface area is 147 Å². The Hall–Kier alpha value is -2.58. The molecule has 0 saturated heterocycles. The molecule has 0 bridgehead atoms. The molecule has 8 heteroatoms. The standard InChI is InChI=1S/C17H17N3O4S/c1-10-7-18-14(11(2)16(10)24-3)8-25(23)20-9-19-13-6-12(17(21)22)4-5-15(13)20/h4-7,9H,8H2,1-3H3,(H,21,22). The topological polar surface area (TPSA) is 100 Å². The van der Waals surface area contributed by atoms with Crippen molar-refractivity contribution in [2.24, 2.45) is 0 Å². The summed E-state index contributed by atoms with van der Waals surface area (Å²) < 4.78 is 19.7. The van der Waals surface area contributed by atoms with E-state index in [1.807, 2.05) is 13.8 Å². The van der Waals surface area contributed by atoms with Crippen LogP contribution in [0.25, 0.3) is 11.0 Å². The molecular weight excluding hydrogens is 342 g/mol. The second-order valence-electron chi connectivity index (χ2n) is 5.59. The maximum absolute atomic E-state index is 12.8. The number of rotatable bonds is 5. The van der Waals surface area contributed by atoms with E-state index in [0.717, 1.165) is 16.9 Å². The molecule has 2 heterocycles. The molecule has 3 aromatic rings. The van der Waals surface area contributed by atoms with Gasteiger partial charge in [0, 0.05) is 17.3 Å². The number of benzene rings is 1. The Bertz CT molecular complexity index is 954.